The molecule has 1 rings (SSSR count). The van der Waals surface area contributed by atoms with Crippen LogP contribution in [-0.4, -0.2) is 9.78 Å². The second-order valence-corrected chi connectivity index (χ2v) is 3.59. The first-order valence-electron chi connectivity index (χ1n) is 3.98. The molecule has 0 radical (unpaired) electrons. The lowest BCUT2D eigenvalue weighted by Crippen LogP contribution is -2.08. The smallest absolute Gasteiger partial charge is 0.261 e. The van der Waals surface area contributed by atoms with Crippen molar-refractivity contribution in [3.63, 3.8) is 0 Å². The largest absolute Gasteiger partial charge is 0.280 e. The predicted molar refractivity (Wildman–Crippen MR) is 50.2 cm³/mol. The van der Waals surface area contributed by atoms with Crippen LogP contribution >= 0.6 is 15.9 Å². The fourth-order valence-electron chi connectivity index (χ4n) is 1.16. The zero-order valence-corrected chi connectivity index (χ0v) is 9.05. The molecule has 0 saturated carbocycles. The molecule has 0 aliphatic heterocycles. The summed E-state index contributed by atoms with van der Waals surface area (Å²) in [5, 5.41) is 4.33. The lowest BCUT2D eigenvalue weighted by Gasteiger charge is -2.10. The second-order valence-electron chi connectivity index (χ2n) is 3.03. The van der Waals surface area contributed by atoms with E-state index < -0.39 is 6.43 Å². The fraction of sp³-hybridized carbons (Fsp3) is 0.625. The van der Waals surface area contributed by atoms with E-state index in [4.69, 9.17) is 0 Å². The normalized spacial score (nSPS) is 11.6. The van der Waals surface area contributed by atoms with Gasteiger partial charge >= 0.3 is 0 Å². The van der Waals surface area contributed by atoms with Gasteiger partial charge in [0, 0.05) is 16.9 Å². The van der Waals surface area contributed by atoms with Crippen LogP contribution in [0.3, 0.4) is 0 Å². The molecule has 0 N–H and O–H groups in total. The standard InChI is InChI=1S/C8H11BrF2N2/c1-5(2)13-7(8(10)11)6(3-9)4-12-13/h4-5,8H,3H2,1-2H3. The van der Waals surface area contributed by atoms with Gasteiger partial charge in [0.15, 0.2) is 0 Å². The minimum Gasteiger partial charge on any atom is -0.261 e. The summed E-state index contributed by atoms with van der Waals surface area (Å²) < 4.78 is 26.5. The third kappa shape index (κ3) is 2.07. The van der Waals surface area contributed by atoms with Gasteiger partial charge in [-0.25, -0.2) is 8.78 Å². The number of hydrogen-bond donors (Lipinski definition) is 0. The zero-order chi connectivity index (χ0) is 10.0. The van der Waals surface area contributed by atoms with E-state index in [2.05, 4.69) is 21.0 Å². The molecular formula is C8H11BrF2N2. The van der Waals surface area contributed by atoms with Crippen LogP contribution in [0.1, 0.15) is 37.6 Å². The number of halogens is 3. The van der Waals surface area contributed by atoms with Crippen molar-refractivity contribution in [1.29, 1.82) is 0 Å². The van der Waals surface area contributed by atoms with Crippen molar-refractivity contribution in [1.82, 2.24) is 9.78 Å². The van der Waals surface area contributed by atoms with Gasteiger partial charge in [0.2, 0.25) is 0 Å². The molecule has 0 aromatic carbocycles. The molecule has 0 aliphatic carbocycles. The molecule has 0 bridgehead atoms. The molecule has 0 aliphatic rings. The van der Waals surface area contributed by atoms with E-state index in [0.29, 0.717) is 10.9 Å². The van der Waals surface area contributed by atoms with E-state index >= 15 is 0 Å². The fourth-order valence-corrected chi connectivity index (χ4v) is 1.59. The van der Waals surface area contributed by atoms with Gasteiger partial charge in [0.25, 0.3) is 6.43 Å². The number of hydrogen-bond acceptors (Lipinski definition) is 1. The predicted octanol–water partition coefficient (Wildman–Crippen LogP) is 3.30. The van der Waals surface area contributed by atoms with E-state index in [0.717, 1.165) is 0 Å². The first kappa shape index (κ1) is 10.6. The summed E-state index contributed by atoms with van der Waals surface area (Å²) in [5.74, 6) is 0. The highest BCUT2D eigenvalue weighted by molar-refractivity contribution is 9.08. The zero-order valence-electron chi connectivity index (χ0n) is 7.47. The first-order valence-corrected chi connectivity index (χ1v) is 5.10. The van der Waals surface area contributed by atoms with Crippen LogP contribution in [0.4, 0.5) is 8.78 Å². The lowest BCUT2D eigenvalue weighted by atomic mass is 10.2. The van der Waals surface area contributed by atoms with Crippen LogP contribution in [0.25, 0.3) is 0 Å². The molecule has 0 spiro atoms. The second kappa shape index (κ2) is 4.17. The van der Waals surface area contributed by atoms with Crippen molar-refractivity contribution >= 4 is 15.9 Å². The Hall–Kier alpha value is -0.450. The van der Waals surface area contributed by atoms with Crippen LogP contribution < -0.4 is 0 Å². The molecule has 0 unspecified atom stereocenters. The van der Waals surface area contributed by atoms with Gasteiger partial charge in [-0.2, -0.15) is 5.10 Å². The molecule has 0 atom stereocenters. The van der Waals surface area contributed by atoms with Gasteiger partial charge in [-0.05, 0) is 13.8 Å². The van der Waals surface area contributed by atoms with Crippen LogP contribution in [0, 0.1) is 0 Å². The number of nitrogens with zero attached hydrogens (tertiary/aromatic N) is 2. The molecule has 0 saturated heterocycles. The monoisotopic (exact) mass is 252 g/mol. The van der Waals surface area contributed by atoms with E-state index in [1.165, 1.54) is 10.9 Å². The summed E-state index contributed by atoms with van der Waals surface area (Å²) in [6.45, 7) is 3.66. The third-order valence-corrected chi connectivity index (χ3v) is 2.36. The Labute approximate surface area is 84.1 Å². The maximum atomic E-state index is 12.6. The highest BCUT2D eigenvalue weighted by Crippen LogP contribution is 2.26. The Morgan fingerprint density at radius 3 is 2.54 bits per heavy atom. The molecular weight excluding hydrogens is 242 g/mol. The van der Waals surface area contributed by atoms with Crippen molar-refractivity contribution in [3.05, 3.63) is 17.5 Å². The summed E-state index contributed by atoms with van der Waals surface area (Å²) in [6.07, 6.45) is -0.978. The molecule has 1 aromatic rings. The Morgan fingerprint density at radius 2 is 2.15 bits per heavy atom. The van der Waals surface area contributed by atoms with Crippen LogP contribution in [0.2, 0.25) is 0 Å². The summed E-state index contributed by atoms with van der Waals surface area (Å²) in [5.41, 5.74) is 0.579. The molecule has 74 valence electrons. The summed E-state index contributed by atoms with van der Waals surface area (Å²) >= 11 is 3.15. The molecule has 0 fully saturated rings. The average molecular weight is 253 g/mol. The van der Waals surface area contributed by atoms with Crippen LogP contribution in [0.5, 0.6) is 0 Å². The summed E-state index contributed by atoms with van der Waals surface area (Å²) in [7, 11) is 0. The molecule has 5 heteroatoms. The summed E-state index contributed by atoms with van der Waals surface area (Å²) in [4.78, 5) is 0. The van der Waals surface area contributed by atoms with Gasteiger partial charge in [-0.3, -0.25) is 4.68 Å². The minimum absolute atomic E-state index is 0.0203. The van der Waals surface area contributed by atoms with Gasteiger partial charge in [0.1, 0.15) is 5.69 Å². The Kier molecular flexibility index (Phi) is 3.41. The van der Waals surface area contributed by atoms with Crippen LogP contribution in [-0.2, 0) is 5.33 Å². The van der Waals surface area contributed by atoms with Gasteiger partial charge in [-0.1, -0.05) is 15.9 Å². The molecule has 2 nitrogen and oxygen atoms in total. The van der Waals surface area contributed by atoms with Gasteiger partial charge < -0.3 is 0 Å². The Balaban J connectivity index is 3.14. The topological polar surface area (TPSA) is 17.8 Å². The van der Waals surface area contributed by atoms with E-state index in [-0.39, 0.29) is 11.7 Å². The summed E-state index contributed by atoms with van der Waals surface area (Å²) in [6, 6.07) is -0.0307. The first-order chi connectivity index (χ1) is 6.07. The van der Waals surface area contributed by atoms with Crippen molar-refractivity contribution < 1.29 is 8.78 Å². The highest BCUT2D eigenvalue weighted by atomic mass is 79.9. The van der Waals surface area contributed by atoms with Crippen LogP contribution in [0.15, 0.2) is 6.20 Å². The number of rotatable bonds is 3. The third-order valence-electron chi connectivity index (χ3n) is 1.75. The number of aromatic nitrogens is 2. The van der Waals surface area contributed by atoms with E-state index in [1.807, 2.05) is 13.8 Å². The molecule has 13 heavy (non-hydrogen) atoms. The maximum Gasteiger partial charge on any atom is 0.280 e. The average Bonchev–Trinajstić information content (AvgIpc) is 2.46. The van der Waals surface area contributed by atoms with Gasteiger partial charge in [0.05, 0.1) is 6.20 Å². The van der Waals surface area contributed by atoms with Crippen molar-refractivity contribution in [3.8, 4) is 0 Å². The van der Waals surface area contributed by atoms with Crippen molar-refractivity contribution in [2.24, 2.45) is 0 Å². The maximum absolute atomic E-state index is 12.6. The van der Waals surface area contributed by atoms with E-state index in [9.17, 15) is 8.78 Å². The van der Waals surface area contributed by atoms with E-state index in [1.54, 1.807) is 0 Å². The lowest BCUT2D eigenvalue weighted by molar-refractivity contribution is 0.136. The SMILES string of the molecule is CC(C)n1ncc(CBr)c1C(F)F. The highest BCUT2D eigenvalue weighted by Gasteiger charge is 2.20. The number of alkyl halides is 3. The quantitative estimate of drug-likeness (QED) is 0.755. The molecule has 0 amide bonds. The van der Waals surface area contributed by atoms with Crippen molar-refractivity contribution in [2.75, 3.05) is 0 Å². The minimum atomic E-state index is -2.46. The molecule has 1 heterocycles. The Bertz CT molecular complexity index is 284. The van der Waals surface area contributed by atoms with Crippen molar-refractivity contribution in [2.45, 2.75) is 31.6 Å². The van der Waals surface area contributed by atoms with Gasteiger partial charge in [-0.15, -0.1) is 0 Å². The molecule has 1 aromatic heterocycles. The Morgan fingerprint density at radius 1 is 1.54 bits per heavy atom.